The standard InChI is InChI=1S/C24H27N3O2/c1-14-6-7-16-8-9-17(19(16)12-14)10-11-18-20(24(29)26(3)4)13-21-22(23(18)28)25-15(2)27(21)5/h6-7,10,12-13,28H,8-9,11H2,1-5H3. The van der Waals surface area contributed by atoms with Gasteiger partial charge in [0.25, 0.3) is 5.91 Å². The average molecular weight is 389 g/mol. The van der Waals surface area contributed by atoms with E-state index in [1.165, 1.54) is 22.3 Å². The highest BCUT2D eigenvalue weighted by atomic mass is 16.3. The molecule has 1 amide bonds. The average Bonchev–Trinajstić information content (AvgIpc) is 3.21. The van der Waals surface area contributed by atoms with Gasteiger partial charge in [0.05, 0.1) is 5.52 Å². The van der Waals surface area contributed by atoms with Gasteiger partial charge in [0.15, 0.2) is 0 Å². The zero-order chi connectivity index (χ0) is 20.9. The van der Waals surface area contributed by atoms with Crippen LogP contribution in [0.15, 0.2) is 30.3 Å². The molecule has 1 aliphatic rings. The minimum atomic E-state index is -0.114. The largest absolute Gasteiger partial charge is 0.505 e. The number of fused-ring (bicyclic) bond motifs is 2. The fourth-order valence-electron chi connectivity index (χ4n) is 4.15. The fraction of sp³-hybridized carbons (Fsp3) is 0.333. The Morgan fingerprint density at radius 3 is 2.72 bits per heavy atom. The van der Waals surface area contributed by atoms with E-state index >= 15 is 0 Å². The van der Waals surface area contributed by atoms with E-state index in [9.17, 15) is 9.90 Å². The van der Waals surface area contributed by atoms with Crippen molar-refractivity contribution >= 4 is 22.5 Å². The van der Waals surface area contributed by atoms with E-state index in [1.807, 2.05) is 24.6 Å². The van der Waals surface area contributed by atoms with Gasteiger partial charge in [0.1, 0.15) is 17.1 Å². The van der Waals surface area contributed by atoms with Gasteiger partial charge in [0, 0.05) is 32.3 Å². The van der Waals surface area contributed by atoms with Crippen LogP contribution >= 0.6 is 0 Å². The number of rotatable bonds is 3. The molecule has 0 unspecified atom stereocenters. The highest BCUT2D eigenvalue weighted by molar-refractivity contribution is 6.01. The van der Waals surface area contributed by atoms with Crippen LogP contribution in [0.3, 0.4) is 0 Å². The number of allylic oxidation sites excluding steroid dienone is 2. The first kappa shape index (κ1) is 19.2. The molecule has 1 N–H and O–H groups in total. The second-order valence-electron chi connectivity index (χ2n) is 8.13. The van der Waals surface area contributed by atoms with Gasteiger partial charge in [-0.1, -0.05) is 29.8 Å². The van der Waals surface area contributed by atoms with E-state index < -0.39 is 0 Å². The number of hydrogen-bond acceptors (Lipinski definition) is 3. The second-order valence-corrected chi connectivity index (χ2v) is 8.13. The van der Waals surface area contributed by atoms with Crippen molar-refractivity contribution < 1.29 is 9.90 Å². The molecule has 1 heterocycles. The molecule has 3 aromatic rings. The zero-order valence-electron chi connectivity index (χ0n) is 17.7. The molecule has 0 fully saturated rings. The van der Waals surface area contributed by atoms with Crippen molar-refractivity contribution in [3.63, 3.8) is 0 Å². The van der Waals surface area contributed by atoms with Gasteiger partial charge in [-0.05, 0) is 55.9 Å². The summed E-state index contributed by atoms with van der Waals surface area (Å²) in [6.07, 6.45) is 4.68. The monoisotopic (exact) mass is 389 g/mol. The van der Waals surface area contributed by atoms with Crippen LogP contribution in [0.25, 0.3) is 16.6 Å². The van der Waals surface area contributed by atoms with Crippen molar-refractivity contribution in [1.82, 2.24) is 14.5 Å². The Hall–Kier alpha value is -3.08. The van der Waals surface area contributed by atoms with E-state index in [4.69, 9.17) is 0 Å². The van der Waals surface area contributed by atoms with Crippen LogP contribution < -0.4 is 0 Å². The number of phenols is 1. The van der Waals surface area contributed by atoms with Gasteiger partial charge in [-0.2, -0.15) is 0 Å². The molecule has 1 aromatic heterocycles. The molecule has 1 aliphatic carbocycles. The number of carbonyl (C=O) groups is 1. The first-order valence-electron chi connectivity index (χ1n) is 9.96. The fourth-order valence-corrected chi connectivity index (χ4v) is 4.15. The van der Waals surface area contributed by atoms with Gasteiger partial charge in [0.2, 0.25) is 0 Å². The molecule has 5 heteroatoms. The van der Waals surface area contributed by atoms with Gasteiger partial charge in [-0.25, -0.2) is 4.98 Å². The summed E-state index contributed by atoms with van der Waals surface area (Å²) in [4.78, 5) is 18.9. The van der Waals surface area contributed by atoms with Crippen LogP contribution in [0.1, 0.15) is 44.9 Å². The smallest absolute Gasteiger partial charge is 0.253 e. The summed E-state index contributed by atoms with van der Waals surface area (Å²) in [7, 11) is 5.36. The Morgan fingerprint density at radius 1 is 1.24 bits per heavy atom. The van der Waals surface area contributed by atoms with E-state index in [-0.39, 0.29) is 11.7 Å². The van der Waals surface area contributed by atoms with Gasteiger partial charge in [-0.3, -0.25) is 4.79 Å². The Labute approximate surface area is 171 Å². The zero-order valence-corrected chi connectivity index (χ0v) is 17.7. The van der Waals surface area contributed by atoms with Crippen molar-refractivity contribution in [1.29, 1.82) is 0 Å². The summed E-state index contributed by atoms with van der Waals surface area (Å²) in [5.74, 6) is 0.794. The third kappa shape index (κ3) is 3.20. The lowest BCUT2D eigenvalue weighted by Crippen LogP contribution is -2.23. The van der Waals surface area contributed by atoms with Crippen molar-refractivity contribution in [2.45, 2.75) is 33.1 Å². The number of hydrogen-bond donors (Lipinski definition) is 1. The summed E-state index contributed by atoms with van der Waals surface area (Å²) in [6, 6.07) is 8.44. The Kier molecular flexibility index (Phi) is 4.69. The minimum Gasteiger partial charge on any atom is -0.505 e. The number of aryl methyl sites for hydroxylation is 4. The normalized spacial score (nSPS) is 14.6. The van der Waals surface area contributed by atoms with Gasteiger partial charge in [-0.15, -0.1) is 0 Å². The van der Waals surface area contributed by atoms with Crippen molar-refractivity contribution in [2.75, 3.05) is 14.1 Å². The molecule has 0 bridgehead atoms. The third-order valence-corrected chi connectivity index (χ3v) is 5.94. The maximum Gasteiger partial charge on any atom is 0.253 e. The van der Waals surface area contributed by atoms with Crippen molar-refractivity contribution in [3.8, 4) is 5.75 Å². The molecule has 0 saturated heterocycles. The minimum absolute atomic E-state index is 0.107. The molecule has 29 heavy (non-hydrogen) atoms. The molecule has 0 spiro atoms. The van der Waals surface area contributed by atoms with Crippen LogP contribution in [-0.2, 0) is 19.9 Å². The maximum atomic E-state index is 12.9. The van der Waals surface area contributed by atoms with Crippen LogP contribution in [0, 0.1) is 13.8 Å². The summed E-state index contributed by atoms with van der Waals surface area (Å²) in [5.41, 5.74) is 7.67. The molecule has 4 rings (SSSR count). The van der Waals surface area contributed by atoms with Crippen LogP contribution in [0.2, 0.25) is 0 Å². The number of phenolic OH excluding ortho intramolecular Hbond substituents is 1. The summed E-state index contributed by atoms with van der Waals surface area (Å²) in [5, 5.41) is 11.0. The molecule has 0 atom stereocenters. The molecule has 2 aromatic carbocycles. The number of aromatic nitrogens is 2. The highest BCUT2D eigenvalue weighted by Crippen LogP contribution is 2.36. The number of amides is 1. The van der Waals surface area contributed by atoms with Crippen LogP contribution in [-0.4, -0.2) is 39.6 Å². The second kappa shape index (κ2) is 7.07. The third-order valence-electron chi connectivity index (χ3n) is 5.94. The number of carbonyl (C=O) groups excluding carboxylic acids is 1. The number of aromatic hydroxyl groups is 1. The molecule has 150 valence electrons. The maximum absolute atomic E-state index is 12.9. The molecule has 5 nitrogen and oxygen atoms in total. The predicted octanol–water partition coefficient (Wildman–Crippen LogP) is 4.17. The highest BCUT2D eigenvalue weighted by Gasteiger charge is 2.23. The quantitative estimate of drug-likeness (QED) is 0.731. The summed E-state index contributed by atoms with van der Waals surface area (Å²) in [6.45, 7) is 4.00. The van der Waals surface area contributed by atoms with E-state index in [2.05, 4.69) is 36.2 Å². The van der Waals surface area contributed by atoms with E-state index in [1.54, 1.807) is 19.0 Å². The lowest BCUT2D eigenvalue weighted by Gasteiger charge is -2.16. The topological polar surface area (TPSA) is 58.4 Å². The molecule has 0 radical (unpaired) electrons. The Bertz CT molecular complexity index is 1170. The number of imidazole rings is 1. The molecular formula is C24H27N3O2. The predicted molar refractivity (Wildman–Crippen MR) is 116 cm³/mol. The van der Waals surface area contributed by atoms with Gasteiger partial charge < -0.3 is 14.6 Å². The van der Waals surface area contributed by atoms with Crippen molar-refractivity contribution in [2.24, 2.45) is 7.05 Å². The number of benzene rings is 2. The van der Waals surface area contributed by atoms with Crippen LogP contribution in [0.4, 0.5) is 0 Å². The Balaban J connectivity index is 1.83. The van der Waals surface area contributed by atoms with Crippen LogP contribution in [0.5, 0.6) is 5.75 Å². The van der Waals surface area contributed by atoms with Gasteiger partial charge >= 0.3 is 0 Å². The van der Waals surface area contributed by atoms with E-state index in [0.29, 0.717) is 23.1 Å². The summed E-state index contributed by atoms with van der Waals surface area (Å²) >= 11 is 0. The summed E-state index contributed by atoms with van der Waals surface area (Å²) < 4.78 is 1.90. The molecule has 0 saturated carbocycles. The Morgan fingerprint density at radius 2 is 2.00 bits per heavy atom. The molecular weight excluding hydrogens is 362 g/mol. The lowest BCUT2D eigenvalue weighted by atomic mass is 9.97. The van der Waals surface area contributed by atoms with E-state index in [0.717, 1.165) is 24.2 Å². The SMILES string of the molecule is Cc1ccc2c(c1)C(=CCc1c(C(=O)N(C)C)cc3c(nc(C)n3C)c1O)CC2. The number of nitrogens with zero attached hydrogens (tertiary/aromatic N) is 3. The first-order valence-corrected chi connectivity index (χ1v) is 9.96. The lowest BCUT2D eigenvalue weighted by molar-refractivity contribution is 0.0826. The molecule has 0 aliphatic heterocycles. The first-order chi connectivity index (χ1) is 13.8. The van der Waals surface area contributed by atoms with Crippen molar-refractivity contribution in [3.05, 3.63) is 64.0 Å².